The van der Waals surface area contributed by atoms with Crippen molar-refractivity contribution in [3.63, 3.8) is 0 Å². The Labute approximate surface area is 119 Å². The molecule has 1 fully saturated rings. The Bertz CT molecular complexity index is 431. The topological polar surface area (TPSA) is 129 Å². The van der Waals surface area contributed by atoms with Crippen LogP contribution in [0.3, 0.4) is 0 Å². The van der Waals surface area contributed by atoms with Gasteiger partial charge in [-0.25, -0.2) is 0 Å². The lowest BCUT2D eigenvalue weighted by Crippen LogP contribution is -2.63. The Morgan fingerprint density at radius 2 is 2.10 bits per heavy atom. The van der Waals surface area contributed by atoms with E-state index in [1.165, 1.54) is 7.11 Å². The molecule has 0 bridgehead atoms. The van der Waals surface area contributed by atoms with Crippen LogP contribution in [0, 0.1) is 0 Å². The van der Waals surface area contributed by atoms with Gasteiger partial charge in [-0.2, -0.15) is 17.9 Å². The van der Waals surface area contributed by atoms with Gasteiger partial charge < -0.3 is 20.6 Å². The molecule has 0 aliphatic carbocycles. The van der Waals surface area contributed by atoms with Crippen molar-refractivity contribution in [2.75, 3.05) is 40.4 Å². The van der Waals surface area contributed by atoms with Crippen molar-refractivity contribution in [3.8, 4) is 0 Å². The van der Waals surface area contributed by atoms with Gasteiger partial charge in [-0.05, 0) is 19.9 Å². The minimum atomic E-state index is -3.75. The van der Waals surface area contributed by atoms with Crippen LogP contribution in [0.15, 0.2) is 5.16 Å². The number of methoxy groups -OCH3 is 1. The summed E-state index contributed by atoms with van der Waals surface area (Å²) in [5.74, 6) is -0.122. The molecule has 10 heteroatoms. The van der Waals surface area contributed by atoms with Crippen LogP contribution >= 0.6 is 0 Å². The number of amidine groups is 1. The first-order chi connectivity index (χ1) is 9.35. The summed E-state index contributed by atoms with van der Waals surface area (Å²) in [6.07, 6.45) is 0.870. The van der Waals surface area contributed by atoms with Crippen LogP contribution < -0.4 is 15.2 Å². The smallest absolute Gasteiger partial charge is 0.277 e. The molecule has 0 amide bonds. The zero-order chi connectivity index (χ0) is 15.2. The molecule has 0 spiro atoms. The van der Waals surface area contributed by atoms with Crippen molar-refractivity contribution in [1.29, 1.82) is 0 Å². The van der Waals surface area contributed by atoms with Crippen LogP contribution in [0.4, 0.5) is 0 Å². The standard InChI is InChI=1S/C10H23N5O4S/c1-15-6-3-10(4-7-15,9(11)13-16)14-20(17,18)12-5-8-19-2/h12,14,16H,3-8H2,1-2H3,(H2,11,13). The van der Waals surface area contributed by atoms with Crippen molar-refractivity contribution in [2.24, 2.45) is 10.9 Å². The fourth-order valence-electron chi connectivity index (χ4n) is 2.08. The molecule has 1 rings (SSSR count). The molecule has 1 aliphatic heterocycles. The number of nitrogens with two attached hydrogens (primary N) is 1. The minimum absolute atomic E-state index is 0.122. The number of oxime groups is 1. The molecule has 1 aliphatic rings. The van der Waals surface area contributed by atoms with Gasteiger partial charge in [-0.15, -0.1) is 0 Å². The SMILES string of the molecule is COCCNS(=O)(=O)NC1(C(N)=NO)CCN(C)CC1. The van der Waals surface area contributed by atoms with E-state index in [0.29, 0.717) is 25.9 Å². The number of piperidine rings is 1. The molecule has 1 saturated heterocycles. The molecule has 0 saturated carbocycles. The summed E-state index contributed by atoms with van der Waals surface area (Å²) in [7, 11) is -0.340. The average Bonchev–Trinajstić information content (AvgIpc) is 2.40. The lowest BCUT2D eigenvalue weighted by atomic mass is 9.88. The second-order valence-corrected chi connectivity index (χ2v) is 6.36. The third-order valence-corrected chi connectivity index (χ3v) is 4.61. The zero-order valence-electron chi connectivity index (χ0n) is 11.8. The molecule has 5 N–H and O–H groups in total. The Balaban J connectivity index is 2.80. The molecule has 0 aromatic carbocycles. The molecule has 0 atom stereocenters. The highest BCUT2D eigenvalue weighted by Crippen LogP contribution is 2.22. The van der Waals surface area contributed by atoms with Crippen molar-refractivity contribution >= 4 is 16.0 Å². The fourth-order valence-corrected chi connectivity index (χ4v) is 3.33. The number of likely N-dealkylation sites (tertiary alicyclic amines) is 1. The highest BCUT2D eigenvalue weighted by atomic mass is 32.2. The van der Waals surface area contributed by atoms with E-state index in [4.69, 9.17) is 15.7 Å². The monoisotopic (exact) mass is 309 g/mol. The molecule has 0 aromatic heterocycles. The second kappa shape index (κ2) is 7.18. The number of rotatable bonds is 7. The number of nitrogens with one attached hydrogen (secondary N) is 2. The molecule has 0 aromatic rings. The summed E-state index contributed by atoms with van der Waals surface area (Å²) in [4.78, 5) is 2.05. The first-order valence-electron chi connectivity index (χ1n) is 6.29. The van der Waals surface area contributed by atoms with Gasteiger partial charge in [0.15, 0.2) is 5.84 Å². The van der Waals surface area contributed by atoms with E-state index in [1.807, 2.05) is 7.05 Å². The van der Waals surface area contributed by atoms with Crippen LogP contribution in [-0.2, 0) is 14.9 Å². The summed E-state index contributed by atoms with van der Waals surface area (Å²) < 4.78 is 33.6. The quantitative estimate of drug-likeness (QED) is 0.145. The highest BCUT2D eigenvalue weighted by molar-refractivity contribution is 7.87. The lowest BCUT2D eigenvalue weighted by molar-refractivity contribution is 0.202. The minimum Gasteiger partial charge on any atom is -0.409 e. The Morgan fingerprint density at radius 3 is 2.60 bits per heavy atom. The largest absolute Gasteiger partial charge is 0.409 e. The van der Waals surface area contributed by atoms with Gasteiger partial charge in [0.25, 0.3) is 10.2 Å². The van der Waals surface area contributed by atoms with Crippen molar-refractivity contribution < 1.29 is 18.4 Å². The maximum absolute atomic E-state index is 12.0. The van der Waals surface area contributed by atoms with Gasteiger partial charge in [0.1, 0.15) is 0 Å². The van der Waals surface area contributed by atoms with Crippen LogP contribution in [0.5, 0.6) is 0 Å². The van der Waals surface area contributed by atoms with Gasteiger partial charge in [-0.3, -0.25) is 0 Å². The highest BCUT2D eigenvalue weighted by Gasteiger charge is 2.41. The van der Waals surface area contributed by atoms with E-state index in [9.17, 15) is 8.42 Å². The van der Waals surface area contributed by atoms with Crippen LogP contribution in [-0.4, -0.2) is 70.3 Å². The molecular formula is C10H23N5O4S. The summed E-state index contributed by atoms with van der Waals surface area (Å²) in [6, 6.07) is 0. The Morgan fingerprint density at radius 1 is 1.50 bits per heavy atom. The summed E-state index contributed by atoms with van der Waals surface area (Å²) in [5, 5.41) is 11.9. The van der Waals surface area contributed by atoms with Gasteiger partial charge in [0, 0.05) is 26.7 Å². The number of ether oxygens (including phenoxy) is 1. The molecular weight excluding hydrogens is 286 g/mol. The van der Waals surface area contributed by atoms with Gasteiger partial charge >= 0.3 is 0 Å². The molecule has 0 radical (unpaired) electrons. The van der Waals surface area contributed by atoms with Gasteiger partial charge in [0.05, 0.1) is 12.1 Å². The number of hydrogen-bond acceptors (Lipinski definition) is 6. The molecule has 0 unspecified atom stereocenters. The molecule has 9 nitrogen and oxygen atoms in total. The Kier molecular flexibility index (Phi) is 6.14. The van der Waals surface area contributed by atoms with Crippen molar-refractivity contribution in [3.05, 3.63) is 0 Å². The summed E-state index contributed by atoms with van der Waals surface area (Å²) >= 11 is 0. The fraction of sp³-hybridized carbons (Fsp3) is 0.900. The van der Waals surface area contributed by atoms with Crippen LogP contribution in [0.2, 0.25) is 0 Å². The van der Waals surface area contributed by atoms with Gasteiger partial charge in [-0.1, -0.05) is 5.16 Å². The third-order valence-electron chi connectivity index (χ3n) is 3.37. The first-order valence-corrected chi connectivity index (χ1v) is 7.77. The maximum Gasteiger partial charge on any atom is 0.277 e. The predicted molar refractivity (Wildman–Crippen MR) is 74.8 cm³/mol. The number of hydrogen-bond donors (Lipinski definition) is 4. The van der Waals surface area contributed by atoms with E-state index in [1.54, 1.807) is 0 Å². The van der Waals surface area contributed by atoms with Crippen molar-refractivity contribution in [2.45, 2.75) is 18.4 Å². The van der Waals surface area contributed by atoms with E-state index in [-0.39, 0.29) is 19.0 Å². The number of nitrogens with zero attached hydrogens (tertiary/aromatic N) is 2. The Hall–Kier alpha value is -0.940. The summed E-state index contributed by atoms with van der Waals surface area (Å²) in [6.45, 7) is 1.71. The molecule has 1 heterocycles. The van der Waals surface area contributed by atoms with Crippen molar-refractivity contribution in [1.82, 2.24) is 14.3 Å². The third kappa shape index (κ3) is 4.56. The average molecular weight is 309 g/mol. The lowest BCUT2D eigenvalue weighted by Gasteiger charge is -2.39. The normalized spacial score (nSPS) is 21.0. The van der Waals surface area contributed by atoms with Gasteiger partial charge in [0.2, 0.25) is 0 Å². The molecule has 20 heavy (non-hydrogen) atoms. The van der Waals surface area contributed by atoms with E-state index >= 15 is 0 Å². The summed E-state index contributed by atoms with van der Waals surface area (Å²) in [5.41, 5.74) is 4.64. The van der Waals surface area contributed by atoms with Crippen LogP contribution in [0.1, 0.15) is 12.8 Å². The first kappa shape index (κ1) is 17.1. The maximum atomic E-state index is 12.0. The van der Waals surface area contributed by atoms with Crippen LogP contribution in [0.25, 0.3) is 0 Å². The van der Waals surface area contributed by atoms with E-state index < -0.39 is 15.7 Å². The predicted octanol–water partition coefficient (Wildman–Crippen LogP) is -1.73. The van der Waals surface area contributed by atoms with E-state index in [0.717, 1.165) is 0 Å². The van der Waals surface area contributed by atoms with E-state index in [2.05, 4.69) is 19.5 Å². The zero-order valence-corrected chi connectivity index (χ0v) is 12.6. The molecule has 118 valence electrons. The second-order valence-electron chi connectivity index (χ2n) is 4.86.